The first-order valence-corrected chi connectivity index (χ1v) is 9.82. The zero-order chi connectivity index (χ0) is 20.0. The van der Waals surface area contributed by atoms with Gasteiger partial charge in [0.05, 0.1) is 5.57 Å². The lowest BCUT2D eigenvalue weighted by Gasteiger charge is -2.12. The van der Waals surface area contributed by atoms with E-state index < -0.39 is 5.97 Å². The number of aromatic carboxylic acids is 1. The van der Waals surface area contributed by atoms with E-state index in [1.807, 2.05) is 48.5 Å². The summed E-state index contributed by atoms with van der Waals surface area (Å²) in [6.07, 6.45) is 5.43. The molecule has 2 heterocycles. The predicted molar refractivity (Wildman–Crippen MR) is 113 cm³/mol. The largest absolute Gasteiger partial charge is 0.477 e. The van der Waals surface area contributed by atoms with Crippen molar-refractivity contribution in [3.8, 4) is 11.1 Å². The first kappa shape index (κ1) is 17.5. The number of aromatic nitrogens is 1. The molecular weight excluding hydrogens is 364 g/mol. The molecule has 3 N–H and O–H groups in total. The van der Waals surface area contributed by atoms with Crippen LogP contribution in [0, 0.1) is 0 Å². The van der Waals surface area contributed by atoms with Crippen molar-refractivity contribution in [2.75, 3.05) is 5.32 Å². The highest BCUT2D eigenvalue weighted by atomic mass is 16.4. The molecule has 1 aromatic heterocycles. The van der Waals surface area contributed by atoms with Gasteiger partial charge in [0.15, 0.2) is 0 Å². The number of benzene rings is 2. The molecule has 1 amide bonds. The molecule has 0 saturated heterocycles. The molecule has 144 valence electrons. The van der Waals surface area contributed by atoms with Crippen LogP contribution in [0.3, 0.4) is 0 Å². The molecule has 0 radical (unpaired) electrons. The number of anilines is 1. The van der Waals surface area contributed by atoms with Gasteiger partial charge in [-0.2, -0.15) is 0 Å². The maximum absolute atomic E-state index is 12.7. The van der Waals surface area contributed by atoms with Crippen molar-refractivity contribution >= 4 is 29.2 Å². The number of carboxylic acids is 1. The second-order valence-corrected chi connectivity index (χ2v) is 7.52. The minimum absolute atomic E-state index is 0.166. The summed E-state index contributed by atoms with van der Waals surface area (Å²) in [6.45, 7) is 0. The van der Waals surface area contributed by atoms with Gasteiger partial charge in [0.25, 0.3) is 5.91 Å². The number of carbonyl (C=O) groups excluding carboxylic acids is 1. The third-order valence-electron chi connectivity index (χ3n) is 5.77. The molecule has 1 aliphatic carbocycles. The minimum Gasteiger partial charge on any atom is -0.477 e. The fourth-order valence-corrected chi connectivity index (χ4v) is 4.36. The predicted octanol–water partition coefficient (Wildman–Crippen LogP) is 4.75. The Balaban J connectivity index is 1.58. The van der Waals surface area contributed by atoms with Crippen LogP contribution in [0.1, 0.15) is 45.7 Å². The molecule has 5 nitrogen and oxygen atoms in total. The zero-order valence-corrected chi connectivity index (χ0v) is 15.8. The lowest BCUT2D eigenvalue weighted by atomic mass is 9.91. The average molecular weight is 384 g/mol. The monoisotopic (exact) mass is 384 g/mol. The van der Waals surface area contributed by atoms with Crippen molar-refractivity contribution in [3.05, 3.63) is 76.6 Å². The van der Waals surface area contributed by atoms with Crippen molar-refractivity contribution in [2.45, 2.75) is 25.7 Å². The first-order valence-electron chi connectivity index (χ1n) is 9.82. The van der Waals surface area contributed by atoms with E-state index >= 15 is 0 Å². The Bertz CT molecular complexity index is 1170. The van der Waals surface area contributed by atoms with Crippen molar-refractivity contribution in [2.24, 2.45) is 0 Å². The quantitative estimate of drug-likeness (QED) is 0.570. The third-order valence-corrected chi connectivity index (χ3v) is 5.77. The van der Waals surface area contributed by atoms with Gasteiger partial charge in [-0.3, -0.25) is 4.79 Å². The number of carbonyl (C=O) groups is 2. The normalized spacial score (nSPS) is 16.4. The van der Waals surface area contributed by atoms with Crippen LogP contribution < -0.4 is 5.32 Å². The maximum atomic E-state index is 12.7. The van der Waals surface area contributed by atoms with Crippen molar-refractivity contribution in [1.82, 2.24) is 4.98 Å². The van der Waals surface area contributed by atoms with Crippen LogP contribution in [0.5, 0.6) is 0 Å². The van der Waals surface area contributed by atoms with Crippen molar-refractivity contribution in [1.29, 1.82) is 0 Å². The standard InChI is InChI=1S/C24H20N2O3/c27-23-19(13-21-16-8-4-5-9-18(16)22(25-21)24(28)29)17-11-10-15(12-20(17)26-23)14-6-2-1-3-7-14/h1-3,6-7,10-13,25H,4-5,8-9H2,(H,26,27)(H,28,29). The minimum atomic E-state index is -0.948. The van der Waals surface area contributed by atoms with Crippen LogP contribution in [0.15, 0.2) is 48.5 Å². The van der Waals surface area contributed by atoms with Crippen LogP contribution in [0.2, 0.25) is 0 Å². The van der Waals surface area contributed by atoms with E-state index in [0.717, 1.165) is 64.9 Å². The molecule has 0 spiro atoms. The summed E-state index contributed by atoms with van der Waals surface area (Å²) in [5, 5.41) is 12.5. The van der Waals surface area contributed by atoms with E-state index in [4.69, 9.17) is 0 Å². The third kappa shape index (κ3) is 2.95. The highest BCUT2D eigenvalue weighted by molar-refractivity contribution is 6.35. The van der Waals surface area contributed by atoms with E-state index in [1.165, 1.54) is 0 Å². The zero-order valence-electron chi connectivity index (χ0n) is 15.8. The van der Waals surface area contributed by atoms with Gasteiger partial charge < -0.3 is 15.4 Å². The maximum Gasteiger partial charge on any atom is 0.352 e. The highest BCUT2D eigenvalue weighted by Gasteiger charge is 2.27. The van der Waals surface area contributed by atoms with Gasteiger partial charge in [0.1, 0.15) is 5.69 Å². The smallest absolute Gasteiger partial charge is 0.352 e. The molecule has 5 heteroatoms. The van der Waals surface area contributed by atoms with Gasteiger partial charge in [0, 0.05) is 16.9 Å². The summed E-state index contributed by atoms with van der Waals surface area (Å²) in [7, 11) is 0. The number of fused-ring (bicyclic) bond motifs is 2. The second kappa shape index (κ2) is 6.78. The fraction of sp³-hybridized carbons (Fsp3) is 0.167. The van der Waals surface area contributed by atoms with E-state index in [0.29, 0.717) is 5.57 Å². The van der Waals surface area contributed by atoms with Crippen molar-refractivity contribution in [3.63, 3.8) is 0 Å². The van der Waals surface area contributed by atoms with Crippen LogP contribution in [-0.4, -0.2) is 22.0 Å². The Morgan fingerprint density at radius 2 is 1.72 bits per heavy atom. The lowest BCUT2D eigenvalue weighted by Crippen LogP contribution is -2.06. The Hall–Kier alpha value is -3.60. The van der Waals surface area contributed by atoms with Gasteiger partial charge in [0.2, 0.25) is 0 Å². The van der Waals surface area contributed by atoms with E-state index in [2.05, 4.69) is 10.3 Å². The summed E-state index contributed by atoms with van der Waals surface area (Å²) >= 11 is 0. The fourth-order valence-electron chi connectivity index (χ4n) is 4.36. The van der Waals surface area contributed by atoms with Gasteiger partial charge in [-0.05, 0) is 60.1 Å². The van der Waals surface area contributed by atoms with Crippen LogP contribution in [-0.2, 0) is 17.6 Å². The second-order valence-electron chi connectivity index (χ2n) is 7.52. The average Bonchev–Trinajstić information content (AvgIpc) is 3.26. The number of rotatable bonds is 3. The molecular formula is C24H20N2O3. The molecule has 0 saturated carbocycles. The number of H-pyrrole nitrogens is 1. The number of nitrogens with one attached hydrogen (secondary N) is 2. The molecule has 2 aliphatic rings. The summed E-state index contributed by atoms with van der Waals surface area (Å²) in [4.78, 5) is 27.4. The molecule has 3 aromatic rings. The van der Waals surface area contributed by atoms with Crippen LogP contribution >= 0.6 is 0 Å². The van der Waals surface area contributed by atoms with E-state index in [9.17, 15) is 14.7 Å². The van der Waals surface area contributed by atoms with Crippen LogP contribution in [0.25, 0.3) is 22.8 Å². The Labute approximate surface area is 168 Å². The SMILES string of the molecule is O=C1Nc2cc(-c3ccccc3)ccc2C1=Cc1[nH]c(C(=O)O)c2c1CCCC2. The number of carboxylic acid groups (broad SMARTS) is 1. The number of hydrogen-bond acceptors (Lipinski definition) is 2. The summed E-state index contributed by atoms with van der Waals surface area (Å²) in [5.74, 6) is -1.11. The number of aromatic amines is 1. The highest BCUT2D eigenvalue weighted by Crippen LogP contribution is 2.37. The van der Waals surface area contributed by atoms with Gasteiger partial charge in [-0.15, -0.1) is 0 Å². The summed E-state index contributed by atoms with van der Waals surface area (Å²) < 4.78 is 0. The molecule has 1 aliphatic heterocycles. The van der Waals surface area contributed by atoms with E-state index in [-0.39, 0.29) is 11.6 Å². The Morgan fingerprint density at radius 3 is 2.48 bits per heavy atom. The first-order chi connectivity index (χ1) is 14.1. The molecule has 5 rings (SSSR count). The van der Waals surface area contributed by atoms with Crippen molar-refractivity contribution < 1.29 is 14.7 Å². The molecule has 0 fully saturated rings. The number of hydrogen-bond donors (Lipinski definition) is 3. The molecule has 2 aromatic carbocycles. The lowest BCUT2D eigenvalue weighted by molar-refractivity contribution is -0.110. The Morgan fingerprint density at radius 1 is 0.966 bits per heavy atom. The van der Waals surface area contributed by atoms with Gasteiger partial charge >= 0.3 is 5.97 Å². The summed E-state index contributed by atoms with van der Waals surface area (Å²) in [5.41, 5.74) is 7.21. The van der Waals surface area contributed by atoms with Gasteiger partial charge in [-0.25, -0.2) is 4.79 Å². The molecule has 0 bridgehead atoms. The van der Waals surface area contributed by atoms with E-state index in [1.54, 1.807) is 6.08 Å². The summed E-state index contributed by atoms with van der Waals surface area (Å²) in [6, 6.07) is 16.0. The molecule has 0 atom stereocenters. The number of amides is 1. The van der Waals surface area contributed by atoms with Crippen LogP contribution in [0.4, 0.5) is 5.69 Å². The molecule has 29 heavy (non-hydrogen) atoms. The topological polar surface area (TPSA) is 82.2 Å². The Kier molecular flexibility index (Phi) is 4.09. The van der Waals surface area contributed by atoms with Gasteiger partial charge in [-0.1, -0.05) is 42.5 Å². The molecule has 0 unspecified atom stereocenters.